The first-order valence-corrected chi connectivity index (χ1v) is 17.9. The fourth-order valence-electron chi connectivity index (χ4n) is 5.45. The minimum atomic E-state index is -4.34. The molecule has 48 heavy (non-hydrogen) atoms. The third-order valence-electron chi connectivity index (χ3n) is 7.97. The van der Waals surface area contributed by atoms with Gasteiger partial charge in [-0.1, -0.05) is 129 Å². The van der Waals surface area contributed by atoms with E-state index in [0.29, 0.717) is 5.56 Å². The Bertz CT molecular complexity index is 1670. The normalized spacial score (nSPS) is 14.2. The third kappa shape index (κ3) is 11.2. The van der Waals surface area contributed by atoms with Crippen molar-refractivity contribution in [2.24, 2.45) is 11.8 Å². The van der Waals surface area contributed by atoms with E-state index in [-0.39, 0.29) is 31.8 Å². The molecule has 0 aliphatic rings. The Balaban J connectivity index is 1.59. The lowest BCUT2D eigenvalue weighted by molar-refractivity contribution is -0.142. The summed E-state index contributed by atoms with van der Waals surface area (Å²) in [6.07, 6.45) is -1.07. The lowest BCUT2D eigenvalue weighted by Gasteiger charge is -2.28. The van der Waals surface area contributed by atoms with Crippen molar-refractivity contribution in [3.63, 3.8) is 0 Å². The summed E-state index contributed by atoms with van der Waals surface area (Å²) in [5, 5.41) is 15.0. The van der Waals surface area contributed by atoms with Crippen molar-refractivity contribution < 1.29 is 33.7 Å². The Hall–Kier alpha value is -4.72. The van der Waals surface area contributed by atoms with Gasteiger partial charge in [0.15, 0.2) is 0 Å². The van der Waals surface area contributed by atoms with Crippen molar-refractivity contribution in [3.05, 3.63) is 132 Å². The largest absolute Gasteiger partial charge is 0.480 e. The minimum Gasteiger partial charge on any atom is -0.480 e. The summed E-state index contributed by atoms with van der Waals surface area (Å²) in [5.41, 5.74) is 4.19. The SMILES string of the molecule is CC(C)C[C@H](NC(=O)C(Cc1ccc(-c2ccccc2)cc1)CP(=O)(O)[C@H](Cc1ccccc1)NC(=O)OCc1ccccc1)C(=O)O. The van der Waals surface area contributed by atoms with Crippen LogP contribution >= 0.6 is 7.37 Å². The Morgan fingerprint density at radius 1 is 0.708 bits per heavy atom. The molecule has 0 aliphatic carbocycles. The van der Waals surface area contributed by atoms with Crippen LogP contribution < -0.4 is 10.6 Å². The van der Waals surface area contributed by atoms with Gasteiger partial charge >= 0.3 is 12.1 Å². The maximum absolute atomic E-state index is 14.3. The number of benzene rings is 4. The van der Waals surface area contributed by atoms with Gasteiger partial charge in [0.25, 0.3) is 0 Å². The standard InChI is InChI=1S/C38H43N2O7P/c1-27(2)22-34(37(42)43)39-36(41)33(23-29-18-20-32(21-19-29)31-16-10-5-11-17-31)26-48(45,46)35(24-28-12-6-3-7-13-28)40-38(44)47-25-30-14-8-4-9-15-30/h3-21,27,33-35H,22-26H2,1-2H3,(H,39,41)(H,40,44)(H,42,43)(H,45,46)/t33?,34-,35+/m0/s1. The molecule has 0 spiro atoms. The molecular weight excluding hydrogens is 627 g/mol. The minimum absolute atomic E-state index is 0.0133. The molecule has 0 bridgehead atoms. The summed E-state index contributed by atoms with van der Waals surface area (Å²) >= 11 is 0. The lowest BCUT2D eigenvalue weighted by Crippen LogP contribution is -2.46. The van der Waals surface area contributed by atoms with Crippen LogP contribution in [-0.2, 0) is 38.3 Å². The van der Waals surface area contributed by atoms with Crippen molar-refractivity contribution in [3.8, 4) is 11.1 Å². The molecule has 4 rings (SSSR count). The van der Waals surface area contributed by atoms with Crippen LogP contribution in [0.1, 0.15) is 37.0 Å². The van der Waals surface area contributed by atoms with Crippen LogP contribution in [-0.4, -0.2) is 46.0 Å². The molecule has 0 saturated heterocycles. The molecule has 252 valence electrons. The molecule has 0 saturated carbocycles. The lowest BCUT2D eigenvalue weighted by atomic mass is 9.96. The molecule has 0 radical (unpaired) electrons. The number of hydrogen-bond donors (Lipinski definition) is 4. The number of nitrogens with one attached hydrogen (secondary N) is 2. The monoisotopic (exact) mass is 670 g/mol. The van der Waals surface area contributed by atoms with Gasteiger partial charge in [-0.25, -0.2) is 9.59 Å². The van der Waals surface area contributed by atoms with Gasteiger partial charge in [0, 0.05) is 12.6 Å². The average Bonchev–Trinajstić information content (AvgIpc) is 3.08. The molecule has 9 nitrogen and oxygen atoms in total. The maximum Gasteiger partial charge on any atom is 0.408 e. The topological polar surface area (TPSA) is 142 Å². The van der Waals surface area contributed by atoms with Gasteiger partial charge in [-0.05, 0) is 46.6 Å². The van der Waals surface area contributed by atoms with Gasteiger partial charge in [-0.15, -0.1) is 0 Å². The number of rotatable bonds is 16. The number of carboxylic acid groups (broad SMARTS) is 1. The van der Waals surface area contributed by atoms with E-state index in [1.165, 1.54) is 0 Å². The van der Waals surface area contributed by atoms with Crippen molar-refractivity contribution in [2.75, 3.05) is 6.16 Å². The molecule has 2 amide bonds. The first-order valence-electron chi connectivity index (χ1n) is 16.0. The third-order valence-corrected chi connectivity index (χ3v) is 10.2. The average molecular weight is 671 g/mol. The number of alkyl carbamates (subject to hydrolysis) is 1. The fraction of sp³-hybridized carbons (Fsp3) is 0.289. The number of ether oxygens (including phenoxy) is 1. The van der Waals surface area contributed by atoms with E-state index >= 15 is 0 Å². The number of carboxylic acids is 1. The molecule has 0 aliphatic heterocycles. The van der Waals surface area contributed by atoms with Gasteiger partial charge in [-0.3, -0.25) is 9.36 Å². The van der Waals surface area contributed by atoms with Gasteiger partial charge in [0.2, 0.25) is 13.3 Å². The molecule has 0 fully saturated rings. The zero-order valence-electron chi connectivity index (χ0n) is 27.2. The molecule has 4 atom stereocenters. The van der Waals surface area contributed by atoms with Gasteiger partial charge < -0.3 is 25.4 Å². The van der Waals surface area contributed by atoms with E-state index in [1.54, 1.807) is 36.4 Å². The first-order chi connectivity index (χ1) is 23.0. The fourth-order valence-corrected chi connectivity index (χ4v) is 7.43. The Kier molecular flexibility index (Phi) is 13.1. The molecule has 2 unspecified atom stereocenters. The Labute approximate surface area is 281 Å². The number of amides is 2. The highest BCUT2D eigenvalue weighted by Gasteiger charge is 2.38. The van der Waals surface area contributed by atoms with Crippen molar-refractivity contribution in [2.45, 2.75) is 51.5 Å². The molecule has 4 N–H and O–H groups in total. The van der Waals surface area contributed by atoms with Gasteiger partial charge in [0.05, 0.1) is 5.92 Å². The number of aliphatic carboxylic acids is 1. The molecular formula is C38H43N2O7P. The summed E-state index contributed by atoms with van der Waals surface area (Å²) in [6, 6.07) is 34.2. The predicted molar refractivity (Wildman–Crippen MR) is 186 cm³/mol. The first kappa shape index (κ1) is 36.1. The van der Waals surface area contributed by atoms with E-state index < -0.39 is 49.2 Å². The number of carbonyl (C=O) groups is 3. The quantitative estimate of drug-likeness (QED) is 0.0951. The smallest absolute Gasteiger partial charge is 0.408 e. The van der Waals surface area contributed by atoms with Gasteiger partial charge in [-0.2, -0.15) is 0 Å². The Morgan fingerprint density at radius 3 is 1.79 bits per heavy atom. The zero-order chi connectivity index (χ0) is 34.5. The highest BCUT2D eigenvalue weighted by molar-refractivity contribution is 7.58. The van der Waals surface area contributed by atoms with E-state index in [2.05, 4.69) is 10.6 Å². The van der Waals surface area contributed by atoms with Crippen LogP contribution in [0.2, 0.25) is 0 Å². The molecule has 0 aromatic heterocycles. The van der Waals surface area contributed by atoms with Crippen molar-refractivity contribution in [1.29, 1.82) is 0 Å². The second-order valence-corrected chi connectivity index (χ2v) is 14.8. The number of carbonyl (C=O) groups excluding carboxylic acids is 2. The number of hydrogen-bond acceptors (Lipinski definition) is 5. The van der Waals surface area contributed by atoms with Gasteiger partial charge in [0.1, 0.15) is 18.4 Å². The predicted octanol–water partition coefficient (Wildman–Crippen LogP) is 6.89. The van der Waals surface area contributed by atoms with Crippen LogP contribution in [0, 0.1) is 11.8 Å². The van der Waals surface area contributed by atoms with Crippen LogP contribution in [0.3, 0.4) is 0 Å². The molecule has 0 heterocycles. The van der Waals surface area contributed by atoms with Crippen LogP contribution in [0.25, 0.3) is 11.1 Å². The van der Waals surface area contributed by atoms with E-state index in [1.807, 2.05) is 92.7 Å². The summed E-state index contributed by atoms with van der Waals surface area (Å²) in [6.45, 7) is 3.68. The highest BCUT2D eigenvalue weighted by Crippen LogP contribution is 2.48. The summed E-state index contributed by atoms with van der Waals surface area (Å²) in [5.74, 6) is -4.18. The summed E-state index contributed by atoms with van der Waals surface area (Å²) in [7, 11) is -4.34. The summed E-state index contributed by atoms with van der Waals surface area (Å²) < 4.78 is 19.6. The Morgan fingerprint density at radius 2 is 1.23 bits per heavy atom. The molecule has 10 heteroatoms. The van der Waals surface area contributed by atoms with Crippen molar-refractivity contribution >= 4 is 25.3 Å². The van der Waals surface area contributed by atoms with E-state index in [4.69, 9.17) is 4.74 Å². The second kappa shape index (κ2) is 17.4. The van der Waals surface area contributed by atoms with Crippen LogP contribution in [0.4, 0.5) is 4.79 Å². The molecule has 4 aromatic rings. The summed E-state index contributed by atoms with van der Waals surface area (Å²) in [4.78, 5) is 50.4. The highest BCUT2D eigenvalue weighted by atomic mass is 31.2. The van der Waals surface area contributed by atoms with E-state index in [9.17, 15) is 28.9 Å². The molecule has 4 aromatic carbocycles. The second-order valence-electron chi connectivity index (χ2n) is 12.3. The van der Waals surface area contributed by atoms with E-state index in [0.717, 1.165) is 22.3 Å². The van der Waals surface area contributed by atoms with Crippen molar-refractivity contribution in [1.82, 2.24) is 10.6 Å². The maximum atomic E-state index is 14.3. The van der Waals surface area contributed by atoms with Crippen LogP contribution in [0.5, 0.6) is 0 Å². The van der Waals surface area contributed by atoms with Crippen LogP contribution in [0.15, 0.2) is 115 Å². The zero-order valence-corrected chi connectivity index (χ0v) is 28.1.